The van der Waals surface area contributed by atoms with Crippen molar-refractivity contribution in [1.29, 1.82) is 0 Å². The Balaban J connectivity index is 2.27. The third-order valence-electron chi connectivity index (χ3n) is 2.99. The van der Waals surface area contributed by atoms with E-state index in [4.69, 9.17) is 11.5 Å². The SMILES string of the molecule is CCCC/C=C/c1cnc(N)c(-c2cccc(N)c2)n1. The van der Waals surface area contributed by atoms with Crippen molar-refractivity contribution in [1.82, 2.24) is 9.97 Å². The summed E-state index contributed by atoms with van der Waals surface area (Å²) < 4.78 is 0. The van der Waals surface area contributed by atoms with Gasteiger partial charge in [-0.25, -0.2) is 9.97 Å². The highest BCUT2D eigenvalue weighted by Crippen LogP contribution is 2.24. The molecule has 4 N–H and O–H groups in total. The van der Waals surface area contributed by atoms with Gasteiger partial charge in [-0.3, -0.25) is 0 Å². The Bertz CT molecular complexity index is 605. The van der Waals surface area contributed by atoms with Gasteiger partial charge in [0.25, 0.3) is 0 Å². The molecule has 4 nitrogen and oxygen atoms in total. The molecule has 0 aliphatic rings. The molecule has 1 aromatic heterocycles. The first kappa shape index (κ1) is 14.1. The summed E-state index contributed by atoms with van der Waals surface area (Å²) in [4.78, 5) is 8.76. The molecule has 0 spiro atoms. The first-order valence-corrected chi connectivity index (χ1v) is 6.85. The van der Waals surface area contributed by atoms with Gasteiger partial charge in [0.2, 0.25) is 0 Å². The highest BCUT2D eigenvalue weighted by molar-refractivity contribution is 5.73. The van der Waals surface area contributed by atoms with Gasteiger partial charge in [-0.15, -0.1) is 0 Å². The van der Waals surface area contributed by atoms with Gasteiger partial charge in [0.15, 0.2) is 0 Å². The fourth-order valence-corrected chi connectivity index (χ4v) is 1.92. The van der Waals surface area contributed by atoms with E-state index in [0.717, 1.165) is 17.7 Å². The Morgan fingerprint density at radius 2 is 2.10 bits per heavy atom. The maximum atomic E-state index is 5.91. The van der Waals surface area contributed by atoms with Crippen molar-refractivity contribution >= 4 is 17.6 Å². The smallest absolute Gasteiger partial charge is 0.150 e. The summed E-state index contributed by atoms with van der Waals surface area (Å²) >= 11 is 0. The van der Waals surface area contributed by atoms with Gasteiger partial charge in [0.1, 0.15) is 11.5 Å². The molecule has 0 radical (unpaired) electrons. The topological polar surface area (TPSA) is 77.8 Å². The quantitative estimate of drug-likeness (QED) is 0.642. The van der Waals surface area contributed by atoms with Crippen LogP contribution in [0.4, 0.5) is 11.5 Å². The molecule has 0 unspecified atom stereocenters. The van der Waals surface area contributed by atoms with Crippen molar-refractivity contribution in [3.63, 3.8) is 0 Å². The number of allylic oxidation sites excluding steroid dienone is 1. The van der Waals surface area contributed by atoms with E-state index in [1.54, 1.807) is 6.20 Å². The summed E-state index contributed by atoms with van der Waals surface area (Å²) in [6.07, 6.45) is 9.21. The monoisotopic (exact) mass is 268 g/mol. The number of hydrogen-bond acceptors (Lipinski definition) is 4. The molecule has 2 rings (SSSR count). The molecule has 4 heteroatoms. The number of benzene rings is 1. The lowest BCUT2D eigenvalue weighted by molar-refractivity contribution is 0.816. The molecule has 0 aliphatic heterocycles. The first-order chi connectivity index (χ1) is 9.70. The van der Waals surface area contributed by atoms with Gasteiger partial charge in [-0.2, -0.15) is 0 Å². The predicted octanol–water partition coefficient (Wildman–Crippen LogP) is 3.51. The minimum absolute atomic E-state index is 0.418. The lowest BCUT2D eigenvalue weighted by Gasteiger charge is -2.06. The molecule has 2 aromatic rings. The van der Waals surface area contributed by atoms with Crippen molar-refractivity contribution in [2.45, 2.75) is 26.2 Å². The second-order valence-corrected chi connectivity index (χ2v) is 4.70. The van der Waals surface area contributed by atoms with Crippen molar-refractivity contribution < 1.29 is 0 Å². The summed E-state index contributed by atoms with van der Waals surface area (Å²) in [5.41, 5.74) is 14.8. The minimum Gasteiger partial charge on any atom is -0.399 e. The minimum atomic E-state index is 0.418. The molecule has 0 aliphatic carbocycles. The van der Waals surface area contributed by atoms with Gasteiger partial charge in [-0.05, 0) is 24.6 Å². The van der Waals surface area contributed by atoms with Crippen LogP contribution in [0, 0.1) is 0 Å². The lowest BCUT2D eigenvalue weighted by Crippen LogP contribution is -1.99. The Morgan fingerprint density at radius 3 is 2.85 bits per heavy atom. The molecule has 0 saturated heterocycles. The van der Waals surface area contributed by atoms with Gasteiger partial charge in [0, 0.05) is 11.3 Å². The third kappa shape index (κ3) is 3.57. The summed E-state index contributed by atoms with van der Waals surface area (Å²) in [5, 5.41) is 0. The van der Waals surface area contributed by atoms with E-state index in [-0.39, 0.29) is 0 Å². The van der Waals surface area contributed by atoms with E-state index >= 15 is 0 Å². The van der Waals surface area contributed by atoms with E-state index in [2.05, 4.69) is 23.0 Å². The van der Waals surface area contributed by atoms with E-state index < -0.39 is 0 Å². The fourth-order valence-electron chi connectivity index (χ4n) is 1.92. The Morgan fingerprint density at radius 1 is 1.25 bits per heavy atom. The van der Waals surface area contributed by atoms with E-state index in [9.17, 15) is 0 Å². The molecule has 0 bridgehead atoms. The van der Waals surface area contributed by atoms with E-state index in [1.807, 2.05) is 30.3 Å². The summed E-state index contributed by atoms with van der Waals surface area (Å²) in [6, 6.07) is 7.50. The summed E-state index contributed by atoms with van der Waals surface area (Å²) in [7, 11) is 0. The van der Waals surface area contributed by atoms with Gasteiger partial charge >= 0.3 is 0 Å². The number of nitrogens with zero attached hydrogens (tertiary/aromatic N) is 2. The van der Waals surface area contributed by atoms with Crippen LogP contribution in [0.15, 0.2) is 36.5 Å². The molecule has 0 amide bonds. The average Bonchev–Trinajstić information content (AvgIpc) is 2.45. The zero-order chi connectivity index (χ0) is 14.4. The highest BCUT2D eigenvalue weighted by atomic mass is 14.9. The van der Waals surface area contributed by atoms with Crippen LogP contribution in [-0.4, -0.2) is 9.97 Å². The maximum Gasteiger partial charge on any atom is 0.150 e. The zero-order valence-electron chi connectivity index (χ0n) is 11.7. The van der Waals surface area contributed by atoms with Crippen LogP contribution in [0.5, 0.6) is 0 Å². The molecule has 104 valence electrons. The number of unbranched alkanes of at least 4 members (excludes halogenated alkanes) is 2. The largest absolute Gasteiger partial charge is 0.399 e. The third-order valence-corrected chi connectivity index (χ3v) is 2.99. The number of rotatable bonds is 5. The van der Waals surface area contributed by atoms with Crippen LogP contribution in [-0.2, 0) is 0 Å². The van der Waals surface area contributed by atoms with Crippen LogP contribution in [0.3, 0.4) is 0 Å². The molecular weight excluding hydrogens is 248 g/mol. The molecule has 20 heavy (non-hydrogen) atoms. The van der Waals surface area contributed by atoms with Crippen LogP contribution >= 0.6 is 0 Å². The van der Waals surface area contributed by atoms with Crippen LogP contribution in [0.2, 0.25) is 0 Å². The fraction of sp³-hybridized carbons (Fsp3) is 0.250. The van der Waals surface area contributed by atoms with Crippen molar-refractivity contribution in [3.8, 4) is 11.3 Å². The number of nitrogens with two attached hydrogens (primary N) is 2. The zero-order valence-corrected chi connectivity index (χ0v) is 11.7. The number of nitrogen functional groups attached to an aromatic ring is 2. The summed E-state index contributed by atoms with van der Waals surface area (Å²) in [6.45, 7) is 2.18. The molecule has 0 saturated carbocycles. The van der Waals surface area contributed by atoms with Crippen molar-refractivity contribution in [2.75, 3.05) is 11.5 Å². The van der Waals surface area contributed by atoms with Crippen LogP contribution in [0.1, 0.15) is 31.9 Å². The molecular formula is C16H20N4. The number of hydrogen-bond donors (Lipinski definition) is 2. The normalized spacial score (nSPS) is 11.1. The molecule has 1 heterocycles. The standard InChI is InChI=1S/C16H20N4/c1-2-3-4-5-9-14-11-19-16(18)15(20-14)12-7-6-8-13(17)10-12/h5-11H,2-4,17H2,1H3,(H2,18,19)/b9-5+. The second kappa shape index (κ2) is 6.70. The average molecular weight is 268 g/mol. The Hall–Kier alpha value is -2.36. The van der Waals surface area contributed by atoms with Gasteiger partial charge in [-0.1, -0.05) is 38.0 Å². The highest BCUT2D eigenvalue weighted by Gasteiger charge is 2.06. The molecule has 0 fully saturated rings. The van der Waals surface area contributed by atoms with Crippen LogP contribution < -0.4 is 11.5 Å². The lowest BCUT2D eigenvalue weighted by atomic mass is 10.1. The summed E-state index contributed by atoms with van der Waals surface area (Å²) in [5.74, 6) is 0.418. The number of aromatic nitrogens is 2. The van der Waals surface area contributed by atoms with Crippen molar-refractivity contribution in [2.24, 2.45) is 0 Å². The Kier molecular flexibility index (Phi) is 4.71. The van der Waals surface area contributed by atoms with Gasteiger partial charge < -0.3 is 11.5 Å². The predicted molar refractivity (Wildman–Crippen MR) is 84.9 cm³/mol. The molecule has 1 aromatic carbocycles. The van der Waals surface area contributed by atoms with Gasteiger partial charge in [0.05, 0.1) is 11.9 Å². The number of anilines is 2. The Labute approximate surface area is 119 Å². The maximum absolute atomic E-state index is 5.91. The van der Waals surface area contributed by atoms with Crippen molar-refractivity contribution in [3.05, 3.63) is 42.2 Å². The molecule has 0 atom stereocenters. The van der Waals surface area contributed by atoms with Crippen LogP contribution in [0.25, 0.3) is 17.3 Å². The second-order valence-electron chi connectivity index (χ2n) is 4.70. The first-order valence-electron chi connectivity index (χ1n) is 6.85. The van der Waals surface area contributed by atoms with E-state index in [1.165, 1.54) is 12.8 Å². The van der Waals surface area contributed by atoms with E-state index in [0.29, 0.717) is 17.2 Å².